The fourth-order valence-electron chi connectivity index (χ4n) is 7.85. The number of aryl methyl sites for hydroxylation is 4. The number of ether oxygens (including phenoxy) is 1. The van der Waals surface area contributed by atoms with Gasteiger partial charge in [0.05, 0.1) is 11.0 Å². The van der Waals surface area contributed by atoms with E-state index in [1.165, 1.54) is 11.1 Å². The third-order valence-corrected chi connectivity index (χ3v) is 9.91. The van der Waals surface area contributed by atoms with E-state index in [-0.39, 0.29) is 21.1 Å². The number of para-hydroxylation sites is 2. The Hall–Kier alpha value is -5.25. The van der Waals surface area contributed by atoms with Crippen molar-refractivity contribution in [3.63, 3.8) is 0 Å². The van der Waals surface area contributed by atoms with Gasteiger partial charge in [-0.25, -0.2) is 0 Å². The smallest absolute Gasteiger partial charge is 0.497 e. The molecule has 4 aromatic carbocycles. The van der Waals surface area contributed by atoms with Crippen molar-refractivity contribution < 1.29 is 25.8 Å². The molecule has 0 amide bonds. The third kappa shape index (κ3) is 3.88. The molecule has 0 aliphatic carbocycles. The van der Waals surface area contributed by atoms with Crippen LogP contribution in [-0.4, -0.2) is 18.8 Å². The molecule has 0 atom stereocenters. The fraction of sp³-hybridized carbons (Fsp3) is 0.0952. The van der Waals surface area contributed by atoms with Crippen LogP contribution in [0.25, 0.3) is 76.5 Å². The second-order valence-corrected chi connectivity index (χ2v) is 12.7. The van der Waals surface area contributed by atoms with Gasteiger partial charge in [-0.3, -0.25) is 9.97 Å². The molecule has 232 valence electrons. The van der Waals surface area contributed by atoms with Crippen LogP contribution in [0.3, 0.4) is 0 Å². The average molecular weight is 800 g/mol. The van der Waals surface area contributed by atoms with Gasteiger partial charge in [0.15, 0.2) is 0 Å². The van der Waals surface area contributed by atoms with Crippen LogP contribution in [0.1, 0.15) is 22.3 Å². The van der Waals surface area contributed by atoms with Crippen molar-refractivity contribution in [2.45, 2.75) is 27.7 Å². The molecule has 0 bridgehead atoms. The number of pyridine rings is 4. The molecule has 48 heavy (non-hydrogen) atoms. The van der Waals surface area contributed by atoms with Crippen LogP contribution in [0.5, 0.6) is 11.5 Å². The van der Waals surface area contributed by atoms with Gasteiger partial charge < -0.3 is 13.5 Å². The van der Waals surface area contributed by atoms with E-state index in [9.17, 15) is 0 Å². The summed E-state index contributed by atoms with van der Waals surface area (Å²) in [7, 11) is 0. The Labute approximate surface area is 290 Å². The maximum Gasteiger partial charge on any atom is 2.00 e. The third-order valence-electron chi connectivity index (χ3n) is 9.91. The summed E-state index contributed by atoms with van der Waals surface area (Å²) in [6, 6.07) is 36.7. The molecule has 0 N–H and O–H groups in total. The first kappa shape index (κ1) is 28.9. The first-order chi connectivity index (χ1) is 23.0. The maximum absolute atomic E-state index is 6.70. The Balaban J connectivity index is 0.00000314. The van der Waals surface area contributed by atoms with Crippen molar-refractivity contribution in [1.29, 1.82) is 0 Å². The van der Waals surface area contributed by atoms with Crippen LogP contribution in [-0.2, 0) is 21.1 Å². The van der Waals surface area contributed by atoms with Crippen LogP contribution in [0, 0.1) is 39.8 Å². The standard InChI is InChI=1S/C42H28N4O.Pt/c1-23-19-27(21-31-37(23)35-15-9-17-45(35)41-25(3)29-11-5-7-13-33(29)43-39(31)41)47-28-20-24(2)38-32(22-28)40-42(46-18-10-16-36(38)46)26(4)30-12-6-8-14-34(30)44-40;/h5-20H,1-4H3;/q-2;+2. The number of nitrogens with zero attached hydrogens (tertiary/aromatic N) is 4. The molecule has 0 radical (unpaired) electrons. The van der Waals surface area contributed by atoms with Crippen LogP contribution < -0.4 is 4.74 Å². The van der Waals surface area contributed by atoms with E-state index in [1.54, 1.807) is 0 Å². The molecule has 6 heteroatoms. The van der Waals surface area contributed by atoms with Crippen LogP contribution >= 0.6 is 0 Å². The topological polar surface area (TPSA) is 43.8 Å². The normalized spacial score (nSPS) is 12.0. The summed E-state index contributed by atoms with van der Waals surface area (Å²) in [6.45, 7) is 8.64. The molecule has 0 aliphatic heterocycles. The van der Waals surface area contributed by atoms with E-state index in [0.717, 1.165) is 87.6 Å². The summed E-state index contributed by atoms with van der Waals surface area (Å²) < 4.78 is 11.2. The summed E-state index contributed by atoms with van der Waals surface area (Å²) in [5.74, 6) is 1.27. The van der Waals surface area contributed by atoms with Crippen molar-refractivity contribution in [2.24, 2.45) is 0 Å². The molecule has 6 heterocycles. The fourth-order valence-corrected chi connectivity index (χ4v) is 7.85. The molecular weight excluding hydrogens is 772 g/mol. The Morgan fingerprint density at radius 2 is 1.00 bits per heavy atom. The predicted octanol–water partition coefficient (Wildman–Crippen LogP) is 10.5. The van der Waals surface area contributed by atoms with Crippen LogP contribution in [0.15, 0.2) is 97.3 Å². The molecule has 0 unspecified atom stereocenters. The SMILES string of the molecule is Cc1cc(Oc2[c-]c3c4nc5ccccc5c(C)c4n4cccc4c3c(C)c2)[c-]c2c3nc4ccccc4c(C)c3n3cccc3c12.[Pt+2]. The van der Waals surface area contributed by atoms with E-state index in [4.69, 9.17) is 14.7 Å². The van der Waals surface area contributed by atoms with E-state index >= 15 is 0 Å². The summed E-state index contributed by atoms with van der Waals surface area (Å²) in [5, 5.41) is 6.47. The minimum atomic E-state index is 0. The summed E-state index contributed by atoms with van der Waals surface area (Å²) >= 11 is 0. The number of hydrogen-bond donors (Lipinski definition) is 0. The number of rotatable bonds is 2. The molecule has 0 saturated heterocycles. The summed E-state index contributed by atoms with van der Waals surface area (Å²) in [4.78, 5) is 10.4. The summed E-state index contributed by atoms with van der Waals surface area (Å²) in [6.07, 6.45) is 4.25. The molecule has 0 saturated carbocycles. The molecule has 0 fully saturated rings. The van der Waals surface area contributed by atoms with E-state index in [2.05, 4.69) is 134 Å². The average Bonchev–Trinajstić information content (AvgIpc) is 3.75. The zero-order chi connectivity index (χ0) is 31.6. The molecule has 5 nitrogen and oxygen atoms in total. The number of hydrogen-bond acceptors (Lipinski definition) is 3. The first-order valence-electron chi connectivity index (χ1n) is 15.9. The largest absolute Gasteiger partial charge is 2.00 e. The molecule has 10 rings (SSSR count). The van der Waals surface area contributed by atoms with Crippen molar-refractivity contribution in [3.05, 3.63) is 132 Å². The van der Waals surface area contributed by atoms with Crippen LogP contribution in [0.2, 0.25) is 0 Å². The van der Waals surface area contributed by atoms with Gasteiger partial charge in [-0.1, -0.05) is 85.3 Å². The minimum Gasteiger partial charge on any atom is -0.497 e. The van der Waals surface area contributed by atoms with Gasteiger partial charge in [-0.15, -0.1) is 21.9 Å². The molecular formula is C42H28N4OPt. The monoisotopic (exact) mass is 799 g/mol. The van der Waals surface area contributed by atoms with Gasteiger partial charge in [0.1, 0.15) is 0 Å². The minimum absolute atomic E-state index is 0. The van der Waals surface area contributed by atoms with E-state index < -0.39 is 0 Å². The van der Waals surface area contributed by atoms with Crippen molar-refractivity contribution >= 4 is 76.5 Å². The second-order valence-electron chi connectivity index (χ2n) is 12.7. The number of benzene rings is 4. The van der Waals surface area contributed by atoms with Gasteiger partial charge in [-0.05, 0) is 61.4 Å². The Kier molecular flexibility index (Phi) is 6.25. The number of fused-ring (bicyclic) bond motifs is 14. The first-order valence-corrected chi connectivity index (χ1v) is 15.9. The maximum atomic E-state index is 6.70. The van der Waals surface area contributed by atoms with E-state index in [0.29, 0.717) is 11.5 Å². The number of aromatic nitrogens is 4. The summed E-state index contributed by atoms with van der Waals surface area (Å²) in [5.41, 5.74) is 12.8. The van der Waals surface area contributed by atoms with Gasteiger partial charge in [0.2, 0.25) is 0 Å². The molecule has 0 aliphatic rings. The Morgan fingerprint density at radius 3 is 1.46 bits per heavy atom. The van der Waals surface area contributed by atoms with Gasteiger partial charge in [-0.2, -0.15) is 0 Å². The quantitative estimate of drug-likeness (QED) is 0.0994. The predicted molar refractivity (Wildman–Crippen MR) is 192 cm³/mol. The second kappa shape index (κ2) is 10.4. The Bertz CT molecular complexity index is 2790. The van der Waals surface area contributed by atoms with Gasteiger partial charge in [0.25, 0.3) is 0 Å². The molecule has 0 spiro atoms. The molecule has 6 aromatic heterocycles. The Morgan fingerprint density at radius 1 is 0.562 bits per heavy atom. The van der Waals surface area contributed by atoms with Crippen molar-refractivity contribution in [3.8, 4) is 11.5 Å². The van der Waals surface area contributed by atoms with Gasteiger partial charge in [0, 0.05) is 67.8 Å². The van der Waals surface area contributed by atoms with E-state index in [1.807, 2.05) is 12.1 Å². The van der Waals surface area contributed by atoms with Crippen LogP contribution in [0.4, 0.5) is 0 Å². The molecule has 10 aromatic rings. The zero-order valence-electron chi connectivity index (χ0n) is 26.8. The van der Waals surface area contributed by atoms with Gasteiger partial charge >= 0.3 is 21.1 Å². The van der Waals surface area contributed by atoms with Crippen molar-refractivity contribution in [2.75, 3.05) is 0 Å². The zero-order valence-corrected chi connectivity index (χ0v) is 29.0. The van der Waals surface area contributed by atoms with Crippen molar-refractivity contribution in [1.82, 2.24) is 18.8 Å².